The van der Waals surface area contributed by atoms with Crippen LogP contribution in [-0.2, 0) is 19.1 Å². The Morgan fingerprint density at radius 3 is 1.92 bits per heavy atom. The monoisotopic (exact) mass is 658 g/mol. The fraction of sp³-hybridized carbons (Fsp3) is 0.548. The first-order valence-electron chi connectivity index (χ1n) is 17.1. The predicted molar refractivity (Wildman–Crippen MR) is 194 cm³/mol. The van der Waals surface area contributed by atoms with Gasteiger partial charge in [-0.05, 0) is 82.4 Å². The minimum atomic E-state index is -1.11. The Morgan fingerprint density at radius 1 is 0.812 bits per heavy atom. The average Bonchev–Trinajstić information content (AvgIpc) is 3.53. The fourth-order valence-electron chi connectivity index (χ4n) is 7.76. The molecule has 0 aromatic heterocycles. The zero-order valence-corrected chi connectivity index (χ0v) is 31.1. The third kappa shape index (κ3) is 9.66. The molecule has 6 nitrogen and oxygen atoms in total. The molecule has 0 bridgehead atoms. The molecule has 1 aliphatic heterocycles. The summed E-state index contributed by atoms with van der Waals surface area (Å²) in [7, 11) is 0. The average molecular weight is 659 g/mol. The van der Waals surface area contributed by atoms with Crippen molar-refractivity contribution in [3.05, 3.63) is 100 Å². The number of hydrogen-bond donors (Lipinski definition) is 2. The Morgan fingerprint density at radius 2 is 1.38 bits per heavy atom. The van der Waals surface area contributed by atoms with Gasteiger partial charge in [0.25, 0.3) is 0 Å². The summed E-state index contributed by atoms with van der Waals surface area (Å²) in [5, 5.41) is 21.4. The normalized spacial score (nSPS) is 32.4. The van der Waals surface area contributed by atoms with Crippen molar-refractivity contribution in [1.29, 1.82) is 0 Å². The summed E-state index contributed by atoms with van der Waals surface area (Å²) in [6.45, 7) is 21.4. The summed E-state index contributed by atoms with van der Waals surface area (Å²) in [4.78, 5) is 24.5. The second kappa shape index (κ2) is 15.1. The van der Waals surface area contributed by atoms with E-state index in [2.05, 4.69) is 19.6 Å². The molecule has 0 amide bonds. The van der Waals surface area contributed by atoms with Crippen molar-refractivity contribution in [3.63, 3.8) is 0 Å². The van der Waals surface area contributed by atoms with Crippen LogP contribution in [0, 0.1) is 10.8 Å². The zero-order chi connectivity index (χ0) is 36.1. The lowest BCUT2D eigenvalue weighted by atomic mass is 9.61. The molecule has 3 aliphatic rings. The summed E-state index contributed by atoms with van der Waals surface area (Å²) in [5.74, 6) is -0.244. The fourth-order valence-corrected chi connectivity index (χ4v) is 7.76. The van der Waals surface area contributed by atoms with Crippen LogP contribution in [0.3, 0.4) is 0 Å². The summed E-state index contributed by atoms with van der Waals surface area (Å²) in [6, 6.07) is 0. The highest BCUT2D eigenvalue weighted by molar-refractivity contribution is 5.96. The minimum Gasteiger partial charge on any atom is -0.462 e. The number of fused-ring (bicyclic) bond motifs is 1. The molecule has 2 aliphatic carbocycles. The van der Waals surface area contributed by atoms with Gasteiger partial charge in [0, 0.05) is 31.8 Å². The van der Waals surface area contributed by atoms with Crippen molar-refractivity contribution in [1.82, 2.24) is 0 Å². The van der Waals surface area contributed by atoms with Gasteiger partial charge in [0.2, 0.25) is 0 Å². The lowest BCUT2D eigenvalue weighted by molar-refractivity contribution is -0.152. The number of allylic oxidation sites excluding steroid dienone is 14. The second-order valence-electron chi connectivity index (χ2n) is 15.9. The van der Waals surface area contributed by atoms with Crippen LogP contribution in [0.4, 0.5) is 0 Å². The summed E-state index contributed by atoms with van der Waals surface area (Å²) < 4.78 is 11.6. The van der Waals surface area contributed by atoms with Gasteiger partial charge in [-0.25, -0.2) is 0 Å². The number of carbonyl (C=O) groups is 2. The molecule has 2 N–H and O–H groups in total. The molecule has 262 valence electrons. The lowest BCUT2D eigenvalue weighted by Gasteiger charge is -2.44. The van der Waals surface area contributed by atoms with Gasteiger partial charge in [-0.2, -0.15) is 0 Å². The molecule has 5 atom stereocenters. The minimum absolute atomic E-state index is 0.0816. The Hall–Kier alpha value is -3.28. The van der Waals surface area contributed by atoms with Gasteiger partial charge in [0.15, 0.2) is 5.78 Å². The van der Waals surface area contributed by atoms with Crippen molar-refractivity contribution in [2.75, 3.05) is 0 Å². The van der Waals surface area contributed by atoms with Crippen molar-refractivity contribution in [2.45, 2.75) is 137 Å². The number of aliphatic hydroxyl groups is 2. The van der Waals surface area contributed by atoms with Gasteiger partial charge >= 0.3 is 5.97 Å². The summed E-state index contributed by atoms with van der Waals surface area (Å²) in [5.41, 5.74) is 5.35. The van der Waals surface area contributed by atoms with Crippen LogP contribution < -0.4 is 0 Å². The topological polar surface area (TPSA) is 96.4 Å². The van der Waals surface area contributed by atoms with E-state index >= 15 is 0 Å². The van der Waals surface area contributed by atoms with E-state index in [0.717, 1.165) is 22.3 Å². The Balaban J connectivity index is 1.54. The molecule has 2 saturated carbocycles. The molecular formula is C42H58O6. The third-order valence-electron chi connectivity index (χ3n) is 10.1. The number of hydrogen-bond acceptors (Lipinski definition) is 6. The first kappa shape index (κ1) is 39.2. The highest BCUT2D eigenvalue weighted by atomic mass is 16.6. The smallest absolute Gasteiger partial charge is 0.302 e. The SMILES string of the molecule is CC(=O)OC1CC(C)(C)C(=C=C/C(C)=C/C=C/C(C)=C/C=C/C=C(C)/C=C/C=C(/C)C(=O)CC23OC2(C)CC(O)CC3(C)C)C(C)(O)C1. The maximum atomic E-state index is 13.1. The van der Waals surface area contributed by atoms with Gasteiger partial charge in [0.05, 0.1) is 17.3 Å². The second-order valence-corrected chi connectivity index (χ2v) is 15.9. The van der Waals surface area contributed by atoms with Crippen molar-refractivity contribution in [3.8, 4) is 0 Å². The number of ketones is 1. The van der Waals surface area contributed by atoms with Crippen LogP contribution in [0.15, 0.2) is 100 Å². The van der Waals surface area contributed by atoms with E-state index in [4.69, 9.17) is 9.47 Å². The lowest BCUT2D eigenvalue weighted by Crippen LogP contribution is -2.48. The van der Waals surface area contributed by atoms with E-state index in [1.165, 1.54) is 6.92 Å². The van der Waals surface area contributed by atoms with Crippen molar-refractivity contribution >= 4 is 11.8 Å². The number of rotatable bonds is 11. The molecule has 0 spiro atoms. The number of aliphatic hydroxyl groups excluding tert-OH is 1. The third-order valence-corrected chi connectivity index (χ3v) is 10.1. The highest BCUT2D eigenvalue weighted by Gasteiger charge is 2.76. The quantitative estimate of drug-likeness (QED) is 0.0758. The van der Waals surface area contributed by atoms with E-state index in [1.54, 1.807) is 6.92 Å². The zero-order valence-electron chi connectivity index (χ0n) is 31.1. The van der Waals surface area contributed by atoms with Gasteiger partial charge in [-0.3, -0.25) is 9.59 Å². The predicted octanol–water partition coefficient (Wildman–Crippen LogP) is 8.69. The molecule has 1 saturated heterocycles. The molecule has 3 fully saturated rings. The number of Topliss-reactive ketones (excluding diaryl/α,β-unsaturated/α-hetero) is 1. The van der Waals surface area contributed by atoms with E-state index < -0.39 is 16.8 Å². The molecular weight excluding hydrogens is 600 g/mol. The molecule has 0 radical (unpaired) electrons. The standard InChI is InChI=1S/C42H58O6/c1-29(18-14-19-31(3)22-23-37-38(6,7)26-35(47-33(5)43)27-40(37,10)46)16-12-13-17-30(2)20-15-21-32(4)36(45)28-42-39(8,9)24-34(44)25-41(42,11)48-42/h12-22,34-35,44,46H,24-28H2,1-11H3/b13-12+,18-14+,20-15+,29-16+,30-17+,31-19+,32-21-. The molecule has 48 heavy (non-hydrogen) atoms. The Labute approximate surface area is 289 Å². The van der Waals surface area contributed by atoms with E-state index in [1.807, 2.05) is 115 Å². The largest absolute Gasteiger partial charge is 0.462 e. The van der Waals surface area contributed by atoms with Gasteiger partial charge in [-0.1, -0.05) is 99.6 Å². The maximum absolute atomic E-state index is 13.1. The summed E-state index contributed by atoms with van der Waals surface area (Å²) >= 11 is 0. The Kier molecular flexibility index (Phi) is 12.3. The van der Waals surface area contributed by atoms with Crippen LogP contribution in [-0.4, -0.2) is 51.0 Å². The van der Waals surface area contributed by atoms with E-state index in [0.29, 0.717) is 37.7 Å². The van der Waals surface area contributed by atoms with E-state index in [9.17, 15) is 19.8 Å². The molecule has 0 aromatic rings. The van der Waals surface area contributed by atoms with Crippen molar-refractivity contribution < 1.29 is 29.3 Å². The number of esters is 1. The van der Waals surface area contributed by atoms with E-state index in [-0.39, 0.29) is 34.8 Å². The van der Waals surface area contributed by atoms with Crippen LogP contribution in [0.25, 0.3) is 0 Å². The molecule has 1 heterocycles. The number of epoxide rings is 1. The van der Waals surface area contributed by atoms with Gasteiger partial charge < -0.3 is 19.7 Å². The maximum Gasteiger partial charge on any atom is 0.302 e. The molecule has 3 rings (SSSR count). The molecule has 5 unspecified atom stereocenters. The first-order valence-corrected chi connectivity index (χ1v) is 17.1. The molecule has 0 aromatic carbocycles. The molecule has 6 heteroatoms. The summed E-state index contributed by atoms with van der Waals surface area (Å²) in [6.07, 6.45) is 23.6. The Bertz CT molecular complexity index is 1510. The van der Waals surface area contributed by atoms with Crippen LogP contribution in [0.5, 0.6) is 0 Å². The van der Waals surface area contributed by atoms with Crippen LogP contribution in [0.2, 0.25) is 0 Å². The van der Waals surface area contributed by atoms with Crippen LogP contribution >= 0.6 is 0 Å². The number of carbonyl (C=O) groups excluding carboxylic acids is 2. The van der Waals surface area contributed by atoms with Gasteiger partial charge in [0.1, 0.15) is 11.7 Å². The number of ether oxygens (including phenoxy) is 2. The van der Waals surface area contributed by atoms with Crippen molar-refractivity contribution in [2.24, 2.45) is 10.8 Å². The van der Waals surface area contributed by atoms with Gasteiger partial charge in [-0.15, -0.1) is 5.73 Å². The highest BCUT2D eigenvalue weighted by Crippen LogP contribution is 2.67. The first-order chi connectivity index (χ1) is 22.1. The van der Waals surface area contributed by atoms with Crippen LogP contribution in [0.1, 0.15) is 108 Å².